The quantitative estimate of drug-likeness (QED) is 0.787. The zero-order valence-electron chi connectivity index (χ0n) is 12.8. The van der Waals surface area contributed by atoms with Crippen LogP contribution >= 0.6 is 0 Å². The van der Waals surface area contributed by atoms with Gasteiger partial charge in [-0.25, -0.2) is 4.79 Å². The lowest BCUT2D eigenvalue weighted by atomic mass is 9.89. The third kappa shape index (κ3) is 3.83. The van der Waals surface area contributed by atoms with Crippen LogP contribution in [0.15, 0.2) is 24.3 Å². The van der Waals surface area contributed by atoms with E-state index in [1.807, 2.05) is 26.8 Å². The summed E-state index contributed by atoms with van der Waals surface area (Å²) >= 11 is 0. The van der Waals surface area contributed by atoms with Gasteiger partial charge in [-0.3, -0.25) is 0 Å². The van der Waals surface area contributed by atoms with Crippen molar-refractivity contribution in [3.05, 3.63) is 35.4 Å². The topological polar surface area (TPSA) is 35.5 Å². The average molecular weight is 276 g/mol. The Morgan fingerprint density at radius 3 is 2.70 bits per heavy atom. The summed E-state index contributed by atoms with van der Waals surface area (Å²) in [5, 5.41) is 0. The molecule has 0 spiro atoms. The average Bonchev–Trinajstić information content (AvgIpc) is 2.37. The van der Waals surface area contributed by atoms with Crippen LogP contribution in [0.3, 0.4) is 0 Å². The zero-order chi connectivity index (χ0) is 14.8. The van der Waals surface area contributed by atoms with E-state index in [0.717, 1.165) is 19.3 Å². The molecule has 0 bridgehead atoms. The summed E-state index contributed by atoms with van der Waals surface area (Å²) in [7, 11) is 0. The highest BCUT2D eigenvalue weighted by atomic mass is 16.6. The summed E-state index contributed by atoms with van der Waals surface area (Å²) in [4.78, 5) is 12.0. The van der Waals surface area contributed by atoms with Gasteiger partial charge in [-0.15, -0.1) is 0 Å². The minimum atomic E-state index is -0.537. The molecule has 0 saturated carbocycles. The molecule has 0 aliphatic heterocycles. The molecule has 0 aromatic heterocycles. The maximum Gasteiger partial charge on any atom is 0.335 e. The van der Waals surface area contributed by atoms with E-state index in [1.165, 1.54) is 11.1 Å². The smallest absolute Gasteiger partial charge is 0.335 e. The molecule has 2 unspecified atom stereocenters. The van der Waals surface area contributed by atoms with Crippen molar-refractivity contribution in [3.8, 4) is 0 Å². The van der Waals surface area contributed by atoms with Crippen LogP contribution in [0.5, 0.6) is 0 Å². The fraction of sp³-hybridized carbons (Fsp3) is 0.588. The number of rotatable bonds is 3. The van der Waals surface area contributed by atoms with Gasteiger partial charge in [0.05, 0.1) is 6.10 Å². The van der Waals surface area contributed by atoms with Crippen LogP contribution in [0.2, 0.25) is 0 Å². The van der Waals surface area contributed by atoms with Crippen molar-refractivity contribution >= 4 is 5.97 Å². The van der Waals surface area contributed by atoms with E-state index in [1.54, 1.807) is 6.92 Å². The van der Waals surface area contributed by atoms with Crippen LogP contribution in [-0.4, -0.2) is 17.7 Å². The summed E-state index contributed by atoms with van der Waals surface area (Å²) in [6.45, 7) is 7.37. The lowest BCUT2D eigenvalue weighted by Crippen LogP contribution is -2.33. The highest BCUT2D eigenvalue weighted by Crippen LogP contribution is 2.33. The molecule has 2 atom stereocenters. The van der Waals surface area contributed by atoms with Gasteiger partial charge in [0.25, 0.3) is 0 Å². The molecular weight excluding hydrogens is 252 g/mol. The Hall–Kier alpha value is -1.35. The maximum absolute atomic E-state index is 12.0. The predicted octanol–water partition coefficient (Wildman–Crippen LogP) is 3.81. The molecule has 0 N–H and O–H groups in total. The summed E-state index contributed by atoms with van der Waals surface area (Å²) in [5.74, 6) is -0.291. The number of fused-ring (bicyclic) bond motifs is 1. The van der Waals surface area contributed by atoms with Crippen LogP contribution in [0, 0.1) is 0 Å². The molecule has 0 amide bonds. The molecule has 3 nitrogen and oxygen atoms in total. The molecular formula is C17H24O3. The first-order valence-electron chi connectivity index (χ1n) is 7.33. The first kappa shape index (κ1) is 15.0. The second kappa shape index (κ2) is 5.96. The van der Waals surface area contributed by atoms with Crippen LogP contribution < -0.4 is 0 Å². The lowest BCUT2D eigenvalue weighted by Gasteiger charge is -2.29. The number of hydrogen-bond acceptors (Lipinski definition) is 3. The van der Waals surface area contributed by atoms with Crippen molar-refractivity contribution < 1.29 is 14.3 Å². The van der Waals surface area contributed by atoms with Gasteiger partial charge in [0.1, 0.15) is 5.60 Å². The normalized spacial score (nSPS) is 20.1. The van der Waals surface area contributed by atoms with E-state index in [-0.39, 0.29) is 12.1 Å². The number of esters is 1. The maximum atomic E-state index is 12.0. The number of ether oxygens (including phenoxy) is 2. The van der Waals surface area contributed by atoms with E-state index in [4.69, 9.17) is 9.47 Å². The number of carbonyl (C=O) groups is 1. The zero-order valence-corrected chi connectivity index (χ0v) is 12.8. The second-order valence-corrected chi connectivity index (χ2v) is 6.39. The Labute approximate surface area is 121 Å². The molecule has 0 fully saturated rings. The standard InChI is InChI=1S/C17H24O3/c1-12(16(18)20-17(2,3)4)19-15-11-7-9-13-8-5-6-10-14(13)15/h5-6,8,10,12,15H,7,9,11H2,1-4H3. The fourth-order valence-corrected chi connectivity index (χ4v) is 2.54. The van der Waals surface area contributed by atoms with Crippen LogP contribution in [-0.2, 0) is 20.7 Å². The van der Waals surface area contributed by atoms with Crippen LogP contribution in [0.4, 0.5) is 0 Å². The molecule has 0 saturated heterocycles. The SMILES string of the molecule is CC(OC1CCCc2ccccc21)C(=O)OC(C)(C)C. The number of benzene rings is 1. The van der Waals surface area contributed by atoms with E-state index in [0.29, 0.717) is 0 Å². The Morgan fingerprint density at radius 2 is 2.00 bits per heavy atom. The molecule has 1 aliphatic rings. The number of aryl methyl sites for hydroxylation is 1. The Morgan fingerprint density at radius 1 is 1.30 bits per heavy atom. The van der Waals surface area contributed by atoms with Gasteiger partial charge in [0, 0.05) is 0 Å². The van der Waals surface area contributed by atoms with E-state index < -0.39 is 11.7 Å². The van der Waals surface area contributed by atoms with Gasteiger partial charge in [0.15, 0.2) is 6.10 Å². The van der Waals surface area contributed by atoms with Crippen LogP contribution in [0.25, 0.3) is 0 Å². The Kier molecular flexibility index (Phi) is 4.48. The summed E-state index contributed by atoms with van der Waals surface area (Å²) in [6, 6.07) is 8.32. The summed E-state index contributed by atoms with van der Waals surface area (Å²) in [6.07, 6.45) is 2.62. The minimum Gasteiger partial charge on any atom is -0.458 e. The van der Waals surface area contributed by atoms with Crippen molar-refractivity contribution in [2.45, 2.75) is 64.8 Å². The number of hydrogen-bond donors (Lipinski definition) is 0. The molecule has 0 radical (unpaired) electrons. The monoisotopic (exact) mass is 276 g/mol. The molecule has 110 valence electrons. The van der Waals surface area contributed by atoms with Gasteiger partial charge in [0.2, 0.25) is 0 Å². The number of carbonyl (C=O) groups excluding carboxylic acids is 1. The molecule has 1 aromatic rings. The van der Waals surface area contributed by atoms with Crippen molar-refractivity contribution in [2.24, 2.45) is 0 Å². The molecule has 0 heterocycles. The third-order valence-corrected chi connectivity index (χ3v) is 3.42. The van der Waals surface area contributed by atoms with E-state index >= 15 is 0 Å². The minimum absolute atomic E-state index is 0.00229. The first-order valence-corrected chi connectivity index (χ1v) is 7.33. The van der Waals surface area contributed by atoms with Crippen LogP contribution in [0.1, 0.15) is 57.8 Å². The van der Waals surface area contributed by atoms with Gasteiger partial charge < -0.3 is 9.47 Å². The highest BCUT2D eigenvalue weighted by Gasteiger charge is 2.27. The predicted molar refractivity (Wildman–Crippen MR) is 78.5 cm³/mol. The molecule has 20 heavy (non-hydrogen) atoms. The van der Waals surface area contributed by atoms with Gasteiger partial charge >= 0.3 is 5.97 Å². The molecule has 3 heteroatoms. The van der Waals surface area contributed by atoms with E-state index in [2.05, 4.69) is 18.2 Å². The second-order valence-electron chi connectivity index (χ2n) is 6.39. The molecule has 1 aromatic carbocycles. The van der Waals surface area contributed by atoms with Crippen molar-refractivity contribution in [2.75, 3.05) is 0 Å². The van der Waals surface area contributed by atoms with Crippen molar-refractivity contribution in [3.63, 3.8) is 0 Å². The summed E-state index contributed by atoms with van der Waals surface area (Å²) < 4.78 is 11.3. The van der Waals surface area contributed by atoms with Crippen molar-refractivity contribution in [1.82, 2.24) is 0 Å². The molecule has 2 rings (SSSR count). The Bertz CT molecular complexity index is 473. The van der Waals surface area contributed by atoms with E-state index in [9.17, 15) is 4.79 Å². The lowest BCUT2D eigenvalue weighted by molar-refractivity contribution is -0.171. The first-order chi connectivity index (χ1) is 9.37. The van der Waals surface area contributed by atoms with Crippen molar-refractivity contribution in [1.29, 1.82) is 0 Å². The van der Waals surface area contributed by atoms with Gasteiger partial charge in [-0.1, -0.05) is 24.3 Å². The third-order valence-electron chi connectivity index (χ3n) is 3.42. The largest absolute Gasteiger partial charge is 0.458 e. The highest BCUT2D eigenvalue weighted by molar-refractivity contribution is 5.74. The molecule has 1 aliphatic carbocycles. The van der Waals surface area contributed by atoms with Gasteiger partial charge in [-0.2, -0.15) is 0 Å². The van der Waals surface area contributed by atoms with Gasteiger partial charge in [-0.05, 0) is 58.1 Å². The summed E-state index contributed by atoms with van der Waals surface area (Å²) in [5.41, 5.74) is 2.08. The Balaban J connectivity index is 2.02. The fourth-order valence-electron chi connectivity index (χ4n) is 2.54.